The average molecular weight is 327 g/mol. The van der Waals surface area contributed by atoms with Crippen molar-refractivity contribution >= 4 is 5.96 Å². The second kappa shape index (κ2) is 9.45. The van der Waals surface area contributed by atoms with E-state index in [1.165, 1.54) is 5.56 Å². The third-order valence-corrected chi connectivity index (χ3v) is 3.55. The van der Waals surface area contributed by atoms with Crippen molar-refractivity contribution in [2.75, 3.05) is 34.4 Å². The monoisotopic (exact) mass is 327 g/mol. The Hall–Kier alpha value is -2.69. The van der Waals surface area contributed by atoms with E-state index in [9.17, 15) is 0 Å². The smallest absolute Gasteiger partial charge is 0.193 e. The first-order chi connectivity index (χ1) is 11.7. The molecule has 128 valence electrons. The molecule has 0 aromatic heterocycles. The Morgan fingerprint density at radius 3 is 2.38 bits per heavy atom. The van der Waals surface area contributed by atoms with Crippen LogP contribution in [-0.2, 0) is 6.54 Å². The van der Waals surface area contributed by atoms with Gasteiger partial charge >= 0.3 is 0 Å². The summed E-state index contributed by atoms with van der Waals surface area (Å²) in [6.07, 6.45) is 0. The Bertz CT molecular complexity index is 627. The number of benzene rings is 2. The van der Waals surface area contributed by atoms with Gasteiger partial charge in [-0.2, -0.15) is 0 Å². The predicted molar refractivity (Wildman–Crippen MR) is 97.8 cm³/mol. The van der Waals surface area contributed by atoms with Crippen LogP contribution in [0.2, 0.25) is 0 Å². The van der Waals surface area contributed by atoms with Crippen LogP contribution < -0.4 is 14.8 Å². The molecule has 5 heteroatoms. The van der Waals surface area contributed by atoms with Crippen LogP contribution in [0.1, 0.15) is 5.56 Å². The molecular formula is C19H25N3O2. The SMILES string of the molecule is CN=C(NCCOc1ccccc1)N(C)Cc1ccc(OC)cc1. The molecule has 1 N–H and O–H groups in total. The Morgan fingerprint density at radius 2 is 1.75 bits per heavy atom. The summed E-state index contributed by atoms with van der Waals surface area (Å²) in [4.78, 5) is 6.39. The number of hydrogen-bond donors (Lipinski definition) is 1. The topological polar surface area (TPSA) is 46.1 Å². The Kier molecular flexibility index (Phi) is 6.95. The van der Waals surface area contributed by atoms with E-state index in [0.717, 1.165) is 24.0 Å². The van der Waals surface area contributed by atoms with Crippen LogP contribution in [0.3, 0.4) is 0 Å². The Morgan fingerprint density at radius 1 is 1.04 bits per heavy atom. The van der Waals surface area contributed by atoms with Crippen LogP contribution in [0.4, 0.5) is 0 Å². The van der Waals surface area contributed by atoms with Crippen LogP contribution in [0.5, 0.6) is 11.5 Å². The van der Waals surface area contributed by atoms with E-state index in [-0.39, 0.29) is 0 Å². The summed E-state index contributed by atoms with van der Waals surface area (Å²) in [7, 11) is 5.47. The number of ether oxygens (including phenoxy) is 2. The molecular weight excluding hydrogens is 302 g/mol. The first-order valence-corrected chi connectivity index (χ1v) is 7.95. The number of hydrogen-bond acceptors (Lipinski definition) is 3. The lowest BCUT2D eigenvalue weighted by Gasteiger charge is -2.22. The highest BCUT2D eigenvalue weighted by Crippen LogP contribution is 2.12. The molecule has 0 aliphatic rings. The quantitative estimate of drug-likeness (QED) is 0.482. The van der Waals surface area contributed by atoms with Gasteiger partial charge in [0.2, 0.25) is 0 Å². The fourth-order valence-corrected chi connectivity index (χ4v) is 2.31. The minimum atomic E-state index is 0.583. The van der Waals surface area contributed by atoms with Crippen LogP contribution in [0.15, 0.2) is 59.6 Å². The molecule has 0 saturated heterocycles. The van der Waals surface area contributed by atoms with Crippen LogP contribution in [0.25, 0.3) is 0 Å². The summed E-state index contributed by atoms with van der Waals surface area (Å²) in [6.45, 7) is 2.04. The highest BCUT2D eigenvalue weighted by Gasteiger charge is 2.06. The van der Waals surface area contributed by atoms with Crippen LogP contribution in [0, 0.1) is 0 Å². The summed E-state index contributed by atoms with van der Waals surface area (Å²) < 4.78 is 10.9. The van der Waals surface area contributed by atoms with Crippen molar-refractivity contribution in [1.82, 2.24) is 10.2 Å². The molecule has 0 unspecified atom stereocenters. The molecule has 0 bridgehead atoms. The lowest BCUT2D eigenvalue weighted by Crippen LogP contribution is -2.40. The summed E-state index contributed by atoms with van der Waals surface area (Å²) >= 11 is 0. The fraction of sp³-hybridized carbons (Fsp3) is 0.316. The Labute approximate surface area is 143 Å². The third-order valence-electron chi connectivity index (χ3n) is 3.55. The second-order valence-corrected chi connectivity index (χ2v) is 5.34. The number of guanidine groups is 1. The van der Waals surface area contributed by atoms with Gasteiger partial charge in [0.1, 0.15) is 18.1 Å². The zero-order valence-electron chi connectivity index (χ0n) is 14.5. The molecule has 0 fully saturated rings. The summed E-state index contributed by atoms with van der Waals surface area (Å²) in [5.74, 6) is 2.57. The van der Waals surface area contributed by atoms with Gasteiger partial charge in [0.05, 0.1) is 13.7 Å². The molecule has 2 aromatic carbocycles. The van der Waals surface area contributed by atoms with E-state index in [2.05, 4.69) is 27.3 Å². The lowest BCUT2D eigenvalue weighted by molar-refractivity contribution is 0.319. The van der Waals surface area contributed by atoms with Gasteiger partial charge in [0.25, 0.3) is 0 Å². The highest BCUT2D eigenvalue weighted by atomic mass is 16.5. The molecule has 24 heavy (non-hydrogen) atoms. The molecule has 0 spiro atoms. The third kappa shape index (κ3) is 5.50. The molecule has 0 aliphatic heterocycles. The average Bonchev–Trinajstić information content (AvgIpc) is 2.63. The zero-order valence-corrected chi connectivity index (χ0v) is 14.5. The molecule has 2 aromatic rings. The van der Waals surface area contributed by atoms with Crippen LogP contribution in [-0.4, -0.2) is 45.2 Å². The predicted octanol–water partition coefficient (Wildman–Crippen LogP) is 2.78. The molecule has 0 radical (unpaired) electrons. The Balaban J connectivity index is 1.77. The second-order valence-electron chi connectivity index (χ2n) is 5.34. The number of methoxy groups -OCH3 is 1. The van der Waals surface area contributed by atoms with Crippen molar-refractivity contribution in [2.45, 2.75) is 6.54 Å². The van der Waals surface area contributed by atoms with Gasteiger partial charge < -0.3 is 19.7 Å². The van der Waals surface area contributed by atoms with Gasteiger partial charge in [0, 0.05) is 20.6 Å². The molecule has 0 aliphatic carbocycles. The molecule has 0 amide bonds. The van der Waals surface area contributed by atoms with E-state index < -0.39 is 0 Å². The minimum Gasteiger partial charge on any atom is -0.497 e. The van der Waals surface area contributed by atoms with E-state index in [1.807, 2.05) is 49.5 Å². The van der Waals surface area contributed by atoms with Gasteiger partial charge in [0.15, 0.2) is 5.96 Å². The largest absolute Gasteiger partial charge is 0.497 e. The molecule has 0 atom stereocenters. The number of aliphatic imine (C=N–C) groups is 1. The van der Waals surface area contributed by atoms with E-state index in [4.69, 9.17) is 9.47 Å². The van der Waals surface area contributed by atoms with Crippen molar-refractivity contribution in [3.63, 3.8) is 0 Å². The molecule has 0 saturated carbocycles. The van der Waals surface area contributed by atoms with Crippen molar-refractivity contribution in [3.05, 3.63) is 60.2 Å². The minimum absolute atomic E-state index is 0.583. The molecule has 0 heterocycles. The standard InChI is InChI=1S/C19H25N3O2/c1-20-19(21-13-14-24-18-7-5-4-6-8-18)22(2)15-16-9-11-17(23-3)12-10-16/h4-12H,13-15H2,1-3H3,(H,20,21). The molecule has 2 rings (SSSR count). The maximum atomic E-state index is 5.67. The zero-order chi connectivity index (χ0) is 17.2. The number of nitrogens with one attached hydrogen (secondary N) is 1. The first-order valence-electron chi connectivity index (χ1n) is 7.95. The number of para-hydroxylation sites is 1. The van der Waals surface area contributed by atoms with Gasteiger partial charge in [-0.05, 0) is 29.8 Å². The van der Waals surface area contributed by atoms with Crippen molar-refractivity contribution in [2.24, 2.45) is 4.99 Å². The van der Waals surface area contributed by atoms with E-state index in [1.54, 1.807) is 14.2 Å². The highest BCUT2D eigenvalue weighted by molar-refractivity contribution is 5.79. The van der Waals surface area contributed by atoms with Gasteiger partial charge in [-0.3, -0.25) is 4.99 Å². The van der Waals surface area contributed by atoms with Gasteiger partial charge in [-0.25, -0.2) is 0 Å². The maximum absolute atomic E-state index is 5.67. The number of nitrogens with zero attached hydrogens (tertiary/aromatic N) is 2. The van der Waals surface area contributed by atoms with Crippen molar-refractivity contribution < 1.29 is 9.47 Å². The summed E-state index contributed by atoms with van der Waals surface area (Å²) in [5, 5.41) is 3.31. The first kappa shape index (κ1) is 17.7. The van der Waals surface area contributed by atoms with Gasteiger partial charge in [-0.15, -0.1) is 0 Å². The lowest BCUT2D eigenvalue weighted by atomic mass is 10.2. The summed E-state index contributed by atoms with van der Waals surface area (Å²) in [6, 6.07) is 17.8. The van der Waals surface area contributed by atoms with E-state index >= 15 is 0 Å². The fourth-order valence-electron chi connectivity index (χ4n) is 2.31. The summed E-state index contributed by atoms with van der Waals surface area (Å²) in [5.41, 5.74) is 1.20. The maximum Gasteiger partial charge on any atom is 0.193 e. The van der Waals surface area contributed by atoms with Crippen molar-refractivity contribution in [3.8, 4) is 11.5 Å². The van der Waals surface area contributed by atoms with E-state index in [0.29, 0.717) is 13.2 Å². The molecule has 5 nitrogen and oxygen atoms in total. The van der Waals surface area contributed by atoms with Gasteiger partial charge in [-0.1, -0.05) is 30.3 Å². The number of rotatable bonds is 7. The normalized spacial score (nSPS) is 11.0. The van der Waals surface area contributed by atoms with Crippen LogP contribution >= 0.6 is 0 Å². The van der Waals surface area contributed by atoms with Crippen molar-refractivity contribution in [1.29, 1.82) is 0 Å².